The molecule has 21 heavy (non-hydrogen) atoms. The van der Waals surface area contributed by atoms with Gasteiger partial charge in [-0.15, -0.1) is 0 Å². The van der Waals surface area contributed by atoms with Gasteiger partial charge in [0, 0.05) is 0 Å². The highest BCUT2D eigenvalue weighted by atomic mass is 14.4. The topological polar surface area (TPSA) is 0 Å². The molecule has 0 aromatic rings. The summed E-state index contributed by atoms with van der Waals surface area (Å²) in [7, 11) is 0. The van der Waals surface area contributed by atoms with Gasteiger partial charge in [-0.1, -0.05) is 126 Å². The molecule has 0 atom stereocenters. The smallest absolute Gasteiger partial charge is 0.0386 e. The molecule has 3 rings (SSSR count). The van der Waals surface area contributed by atoms with Gasteiger partial charge in [0.05, 0.1) is 0 Å². The van der Waals surface area contributed by atoms with Gasteiger partial charge in [-0.2, -0.15) is 0 Å². The molecule has 3 fully saturated rings. The molecule has 132 valence electrons. The van der Waals surface area contributed by atoms with Crippen LogP contribution in [0.3, 0.4) is 0 Å². The highest BCUT2D eigenvalue weighted by Gasteiger charge is 2.30. The minimum absolute atomic E-state index is 1.18. The Morgan fingerprint density at radius 2 is 0.524 bits per heavy atom. The molecule has 0 aromatic carbocycles. The predicted octanol–water partition coefficient (Wildman–Crippen LogP) is 8.64. The lowest BCUT2D eigenvalue weighted by Gasteiger charge is -2.04. The molecular formula is C21H48. The largest absolute Gasteiger partial charge is 0.0683 e. The van der Waals surface area contributed by atoms with E-state index >= 15 is 0 Å². The molecule has 0 bridgehead atoms. The van der Waals surface area contributed by atoms with Gasteiger partial charge in [-0.3, -0.25) is 0 Å². The summed E-state index contributed by atoms with van der Waals surface area (Å²) in [5.41, 5.74) is 0. The van der Waals surface area contributed by atoms with Crippen LogP contribution in [0.15, 0.2) is 0 Å². The van der Waals surface area contributed by atoms with Crippen LogP contribution in [0.4, 0.5) is 0 Å². The second kappa shape index (κ2) is 25.0. The van der Waals surface area contributed by atoms with Crippen LogP contribution >= 0.6 is 0 Å². The summed E-state index contributed by atoms with van der Waals surface area (Å²) in [4.78, 5) is 0. The Balaban J connectivity index is -0.000000219. The second-order valence-corrected chi connectivity index (χ2v) is 5.15. The normalized spacial score (nSPS) is 24.0. The molecule has 0 heterocycles. The van der Waals surface area contributed by atoms with E-state index in [4.69, 9.17) is 0 Å². The van der Waals surface area contributed by atoms with Crippen molar-refractivity contribution in [3.8, 4) is 0 Å². The summed E-state index contributed by atoms with van der Waals surface area (Å²) in [6, 6.07) is 0. The third-order valence-corrected chi connectivity index (χ3v) is 4.22. The van der Waals surface area contributed by atoms with E-state index in [2.05, 4.69) is 0 Å². The fourth-order valence-corrected chi connectivity index (χ4v) is 3.40. The maximum absolute atomic E-state index is 2.00. The first kappa shape index (κ1) is 25.9. The van der Waals surface area contributed by atoms with E-state index in [0.717, 1.165) is 0 Å². The lowest BCUT2D eigenvalue weighted by atomic mass is 10.0. The summed E-state index contributed by atoms with van der Waals surface area (Å²) in [6.07, 6.45) is 16.8. The van der Waals surface area contributed by atoms with Gasteiger partial charge in [0.1, 0.15) is 0 Å². The second-order valence-electron chi connectivity index (χ2n) is 5.15. The van der Waals surface area contributed by atoms with Crippen molar-refractivity contribution < 1.29 is 0 Å². The zero-order valence-electron chi connectivity index (χ0n) is 16.9. The van der Waals surface area contributed by atoms with Gasteiger partial charge in [0.2, 0.25) is 0 Å². The van der Waals surface area contributed by atoms with Crippen molar-refractivity contribution in [3.63, 3.8) is 0 Å². The highest BCUT2D eigenvalue weighted by Crippen LogP contribution is 2.43. The van der Waals surface area contributed by atoms with Crippen molar-refractivity contribution in [3.05, 3.63) is 0 Å². The Bertz CT molecular complexity index is 107. The van der Waals surface area contributed by atoms with Gasteiger partial charge in [-0.25, -0.2) is 0 Å². The van der Waals surface area contributed by atoms with Crippen molar-refractivity contribution in [1.82, 2.24) is 0 Å². The van der Waals surface area contributed by atoms with Crippen LogP contribution in [0, 0.1) is 11.8 Å². The third-order valence-electron chi connectivity index (χ3n) is 4.22. The van der Waals surface area contributed by atoms with Gasteiger partial charge in [0.25, 0.3) is 0 Å². The molecule has 0 nitrogen and oxygen atoms in total. The van der Waals surface area contributed by atoms with Gasteiger partial charge < -0.3 is 0 Å². The van der Waals surface area contributed by atoms with E-state index in [1.54, 1.807) is 25.7 Å². The van der Waals surface area contributed by atoms with Gasteiger partial charge in [-0.05, 0) is 11.8 Å². The Hall–Kier alpha value is 0. The van der Waals surface area contributed by atoms with Crippen LogP contribution in [0.5, 0.6) is 0 Å². The van der Waals surface area contributed by atoms with Crippen LogP contribution < -0.4 is 0 Å². The van der Waals surface area contributed by atoms with Crippen molar-refractivity contribution >= 4 is 0 Å². The molecular weight excluding hydrogens is 252 g/mol. The molecule has 0 amide bonds. The molecule has 3 saturated carbocycles. The van der Waals surface area contributed by atoms with Gasteiger partial charge in [0.15, 0.2) is 0 Å². The molecule has 0 spiro atoms. The quantitative estimate of drug-likeness (QED) is 0.420. The minimum Gasteiger partial charge on any atom is -0.0683 e. The average molecular weight is 301 g/mol. The van der Waals surface area contributed by atoms with E-state index in [1.807, 2.05) is 55.4 Å². The van der Waals surface area contributed by atoms with E-state index < -0.39 is 0 Å². The molecule has 3 aliphatic carbocycles. The maximum Gasteiger partial charge on any atom is -0.0386 e. The first-order chi connectivity index (χ1) is 10.5. The van der Waals surface area contributed by atoms with Crippen LogP contribution in [0.2, 0.25) is 0 Å². The average Bonchev–Trinajstić information content (AvgIpc) is 3.34. The van der Waals surface area contributed by atoms with Crippen LogP contribution in [0.1, 0.15) is 126 Å². The third kappa shape index (κ3) is 14.7. The number of rotatable bonds is 0. The Morgan fingerprint density at radius 3 is 0.714 bits per heavy atom. The Kier molecular flexibility index (Phi) is 30.8. The predicted molar refractivity (Wildman–Crippen MR) is 103 cm³/mol. The summed E-state index contributed by atoms with van der Waals surface area (Å²) in [5.74, 6) is 2.35. The number of hydrogen-bond donors (Lipinski definition) is 0. The summed E-state index contributed by atoms with van der Waals surface area (Å²) in [6.45, 7) is 16.0. The fourth-order valence-electron chi connectivity index (χ4n) is 3.40. The molecule has 3 aliphatic rings. The standard InChI is InChI=1S/C8H14.C5H10.4C2H6/c1-3-7-5-2-6-8(7)4-1;1-2-4-5-3-1;4*1-2/h7-8H,1-6H2;1-5H2;4*1-2H3. The SMILES string of the molecule is C1CC2CCCC2C1.C1CCCC1.CC.CC.CC.CC. The molecule has 0 aromatic heterocycles. The van der Waals surface area contributed by atoms with Crippen LogP contribution in [-0.4, -0.2) is 0 Å². The molecule has 0 N–H and O–H groups in total. The molecule has 0 unspecified atom stereocenters. The lowest BCUT2D eigenvalue weighted by molar-refractivity contribution is 0.457. The fraction of sp³-hybridized carbons (Fsp3) is 1.00. The molecule has 0 aliphatic heterocycles. The summed E-state index contributed by atoms with van der Waals surface area (Å²) < 4.78 is 0. The molecule has 0 heteroatoms. The zero-order chi connectivity index (χ0) is 16.9. The van der Waals surface area contributed by atoms with Crippen molar-refractivity contribution in [2.45, 2.75) is 126 Å². The van der Waals surface area contributed by atoms with E-state index in [0.29, 0.717) is 0 Å². The first-order valence-electron chi connectivity index (χ1n) is 10.5. The first-order valence-corrected chi connectivity index (χ1v) is 10.5. The number of hydrogen-bond acceptors (Lipinski definition) is 0. The molecule has 0 saturated heterocycles. The lowest BCUT2D eigenvalue weighted by Crippen LogP contribution is -1.95. The zero-order valence-corrected chi connectivity index (χ0v) is 16.9. The summed E-state index contributed by atoms with van der Waals surface area (Å²) >= 11 is 0. The van der Waals surface area contributed by atoms with Crippen LogP contribution in [0.25, 0.3) is 0 Å². The van der Waals surface area contributed by atoms with Crippen molar-refractivity contribution in [1.29, 1.82) is 0 Å². The number of fused-ring (bicyclic) bond motifs is 1. The monoisotopic (exact) mass is 300 g/mol. The van der Waals surface area contributed by atoms with Crippen molar-refractivity contribution in [2.24, 2.45) is 11.8 Å². The van der Waals surface area contributed by atoms with E-state index in [-0.39, 0.29) is 0 Å². The highest BCUT2D eigenvalue weighted by molar-refractivity contribution is 4.82. The maximum atomic E-state index is 2.00. The van der Waals surface area contributed by atoms with Crippen molar-refractivity contribution in [2.75, 3.05) is 0 Å². The minimum atomic E-state index is 1.18. The Labute approximate surface area is 138 Å². The Morgan fingerprint density at radius 1 is 0.333 bits per heavy atom. The van der Waals surface area contributed by atoms with E-state index in [1.165, 1.54) is 56.8 Å². The van der Waals surface area contributed by atoms with Gasteiger partial charge >= 0.3 is 0 Å². The molecule has 0 radical (unpaired) electrons. The van der Waals surface area contributed by atoms with E-state index in [9.17, 15) is 0 Å². The van der Waals surface area contributed by atoms with Crippen LogP contribution in [-0.2, 0) is 0 Å². The summed E-state index contributed by atoms with van der Waals surface area (Å²) in [5, 5.41) is 0.